The lowest BCUT2D eigenvalue weighted by Gasteiger charge is -2.56. The lowest BCUT2D eigenvalue weighted by Crippen LogP contribution is -2.58. The molecule has 2 fully saturated rings. The van der Waals surface area contributed by atoms with Gasteiger partial charge in [0.1, 0.15) is 0 Å². The second-order valence-corrected chi connectivity index (χ2v) is 11.3. The van der Waals surface area contributed by atoms with Crippen LogP contribution < -0.4 is 10.6 Å². The fraction of sp³-hybridized carbons (Fsp3) is 0.556. The van der Waals surface area contributed by atoms with Crippen LogP contribution in [0.3, 0.4) is 0 Å². The van der Waals surface area contributed by atoms with Gasteiger partial charge in [-0.25, -0.2) is 0 Å². The number of benzene rings is 1. The van der Waals surface area contributed by atoms with Crippen molar-refractivity contribution in [2.45, 2.75) is 65.1 Å². The third-order valence-corrected chi connectivity index (χ3v) is 9.19. The smallest absolute Gasteiger partial charge is 0.251 e. The molecule has 3 N–H and O–H groups in total. The topological polar surface area (TPSA) is 78.4 Å². The largest absolute Gasteiger partial charge is 0.392 e. The molecular formula is C27H36N2O3S. The summed E-state index contributed by atoms with van der Waals surface area (Å²) in [4.78, 5) is 26.8. The van der Waals surface area contributed by atoms with Crippen LogP contribution in [-0.4, -0.2) is 29.1 Å². The molecule has 7 atom stereocenters. The van der Waals surface area contributed by atoms with E-state index in [1.165, 1.54) is 0 Å². The Balaban J connectivity index is 1.43. The second kappa shape index (κ2) is 9.98. The normalized spacial score (nSPS) is 32.4. The van der Waals surface area contributed by atoms with Crippen LogP contribution in [0.5, 0.6) is 0 Å². The van der Waals surface area contributed by atoms with Crippen molar-refractivity contribution in [3.05, 3.63) is 58.3 Å². The van der Waals surface area contributed by atoms with E-state index in [0.717, 1.165) is 30.6 Å². The first kappa shape index (κ1) is 24.0. The fourth-order valence-corrected chi connectivity index (χ4v) is 6.93. The maximum atomic E-state index is 12.9. The molecule has 0 bridgehead atoms. The molecule has 0 radical (unpaired) electrons. The molecule has 1 heterocycles. The number of fused-ring (bicyclic) bond motifs is 1. The lowest BCUT2D eigenvalue weighted by molar-refractivity contribution is -0.142. The molecule has 0 spiro atoms. The Morgan fingerprint density at radius 1 is 1.15 bits per heavy atom. The zero-order chi connectivity index (χ0) is 23.6. The van der Waals surface area contributed by atoms with E-state index in [2.05, 4.69) is 24.5 Å². The summed E-state index contributed by atoms with van der Waals surface area (Å²) in [5.41, 5.74) is 0.701. The molecule has 0 saturated heterocycles. The highest BCUT2D eigenvalue weighted by Crippen LogP contribution is 2.55. The molecule has 6 heteroatoms. The van der Waals surface area contributed by atoms with Gasteiger partial charge in [-0.05, 0) is 72.4 Å². The Hall–Kier alpha value is -2.18. The fourth-order valence-electron chi connectivity index (χ4n) is 6.28. The van der Waals surface area contributed by atoms with Crippen molar-refractivity contribution < 1.29 is 14.7 Å². The number of carbonyl (C=O) groups excluding carboxylic acids is 2. The van der Waals surface area contributed by atoms with E-state index in [0.29, 0.717) is 12.1 Å². The van der Waals surface area contributed by atoms with Gasteiger partial charge in [0.25, 0.3) is 5.91 Å². The van der Waals surface area contributed by atoms with E-state index in [1.54, 1.807) is 11.3 Å². The molecule has 2 aliphatic carbocycles. The van der Waals surface area contributed by atoms with Crippen LogP contribution in [0.15, 0.2) is 47.8 Å². The van der Waals surface area contributed by atoms with E-state index in [4.69, 9.17) is 0 Å². The van der Waals surface area contributed by atoms with E-state index >= 15 is 0 Å². The van der Waals surface area contributed by atoms with E-state index in [9.17, 15) is 14.7 Å². The molecule has 1 aromatic carbocycles. The third kappa shape index (κ3) is 5.02. The number of aliphatic hydroxyl groups is 1. The zero-order valence-electron chi connectivity index (χ0n) is 19.8. The van der Waals surface area contributed by atoms with E-state index in [-0.39, 0.29) is 46.9 Å². The first-order valence-corrected chi connectivity index (χ1v) is 13.0. The predicted octanol–water partition coefficient (Wildman–Crippen LogP) is 4.62. The highest BCUT2D eigenvalue weighted by Gasteiger charge is 2.53. The van der Waals surface area contributed by atoms with Gasteiger partial charge in [0.05, 0.1) is 12.6 Å². The first-order valence-electron chi connectivity index (χ1n) is 12.1. The maximum Gasteiger partial charge on any atom is 0.251 e. The van der Waals surface area contributed by atoms with Crippen molar-refractivity contribution in [1.29, 1.82) is 0 Å². The van der Waals surface area contributed by atoms with Gasteiger partial charge in [0, 0.05) is 22.4 Å². The number of rotatable bonds is 6. The molecule has 4 rings (SSSR count). The number of amides is 2. The number of thiophene rings is 1. The summed E-state index contributed by atoms with van der Waals surface area (Å²) in [5, 5.41) is 19.8. The van der Waals surface area contributed by atoms with Crippen LogP contribution in [-0.2, 0) is 11.3 Å². The molecule has 2 amide bonds. The Morgan fingerprint density at radius 2 is 1.88 bits per heavy atom. The Kier molecular flexibility index (Phi) is 7.25. The Bertz CT molecular complexity index is 948. The molecule has 2 aromatic rings. The molecule has 2 saturated carbocycles. The molecule has 33 heavy (non-hydrogen) atoms. The minimum absolute atomic E-state index is 0.00782. The minimum atomic E-state index is -0.558. The molecular weight excluding hydrogens is 432 g/mol. The predicted molar refractivity (Wildman–Crippen MR) is 132 cm³/mol. The average molecular weight is 469 g/mol. The summed E-state index contributed by atoms with van der Waals surface area (Å²) in [5.74, 6) is -0.185. The van der Waals surface area contributed by atoms with Gasteiger partial charge in [0.2, 0.25) is 5.91 Å². The molecule has 1 unspecified atom stereocenters. The number of aliphatic hydroxyl groups excluding tert-OH is 1. The first-order chi connectivity index (χ1) is 15.8. The summed E-state index contributed by atoms with van der Waals surface area (Å²) in [6, 6.07) is 13.3. The van der Waals surface area contributed by atoms with Gasteiger partial charge in [-0.1, -0.05) is 45.0 Å². The van der Waals surface area contributed by atoms with Crippen LogP contribution in [0.1, 0.15) is 61.7 Å². The highest BCUT2D eigenvalue weighted by atomic mass is 32.1. The highest BCUT2D eigenvalue weighted by molar-refractivity contribution is 7.09. The quantitative estimate of drug-likeness (QED) is 0.579. The Morgan fingerprint density at radius 3 is 2.58 bits per heavy atom. The monoisotopic (exact) mass is 468 g/mol. The minimum Gasteiger partial charge on any atom is -0.392 e. The lowest BCUT2D eigenvalue weighted by atomic mass is 9.51. The van der Waals surface area contributed by atoms with E-state index in [1.807, 2.05) is 54.8 Å². The number of hydrogen-bond acceptors (Lipinski definition) is 4. The van der Waals surface area contributed by atoms with Crippen LogP contribution >= 0.6 is 11.3 Å². The van der Waals surface area contributed by atoms with Gasteiger partial charge in [-0.3, -0.25) is 9.59 Å². The molecule has 5 nitrogen and oxygen atoms in total. The summed E-state index contributed by atoms with van der Waals surface area (Å²) < 4.78 is 0. The van der Waals surface area contributed by atoms with Crippen molar-refractivity contribution in [3.8, 4) is 0 Å². The van der Waals surface area contributed by atoms with Crippen LogP contribution in [0.4, 0.5) is 0 Å². The van der Waals surface area contributed by atoms with Gasteiger partial charge >= 0.3 is 0 Å². The molecule has 0 aliphatic heterocycles. The third-order valence-electron chi connectivity index (χ3n) is 8.31. The van der Waals surface area contributed by atoms with Crippen LogP contribution in [0, 0.1) is 29.1 Å². The molecule has 2 aliphatic rings. The summed E-state index contributed by atoms with van der Waals surface area (Å²) in [6.07, 6.45) is 3.20. The summed E-state index contributed by atoms with van der Waals surface area (Å²) in [6.45, 7) is 6.92. The second-order valence-electron chi connectivity index (χ2n) is 10.3. The van der Waals surface area contributed by atoms with Gasteiger partial charge in [-0.2, -0.15) is 0 Å². The summed E-state index contributed by atoms with van der Waals surface area (Å²) in [7, 11) is 0. The van der Waals surface area contributed by atoms with E-state index < -0.39 is 6.10 Å². The maximum absolute atomic E-state index is 12.9. The van der Waals surface area contributed by atoms with Crippen molar-refractivity contribution in [1.82, 2.24) is 10.6 Å². The number of hydrogen-bond donors (Lipinski definition) is 3. The van der Waals surface area contributed by atoms with Gasteiger partial charge < -0.3 is 15.7 Å². The molecule has 178 valence electrons. The zero-order valence-corrected chi connectivity index (χ0v) is 20.6. The van der Waals surface area contributed by atoms with Crippen molar-refractivity contribution in [3.63, 3.8) is 0 Å². The molecule has 1 aromatic heterocycles. The van der Waals surface area contributed by atoms with Crippen LogP contribution in [0.2, 0.25) is 0 Å². The standard InChI is InChI=1S/C27H36N2O3S/c1-17(25(31)28-16-20-10-7-15-33-20)21-11-13-27(3)14-12-22(18(2)23(27)24(21)30)29-26(32)19-8-5-4-6-9-19/h4-10,15,17-18,21-24,30H,11-14,16H2,1-3H3,(H,28,31)(H,29,32)/t17-,18+,21?,22-,23+,24-,27-/m0/s1. The van der Waals surface area contributed by atoms with Crippen molar-refractivity contribution in [2.24, 2.45) is 29.1 Å². The summed E-state index contributed by atoms with van der Waals surface area (Å²) >= 11 is 1.63. The van der Waals surface area contributed by atoms with Gasteiger partial charge in [0.15, 0.2) is 0 Å². The Labute approximate surface area is 201 Å². The average Bonchev–Trinajstić information content (AvgIpc) is 3.33. The van der Waals surface area contributed by atoms with Crippen molar-refractivity contribution in [2.75, 3.05) is 0 Å². The van der Waals surface area contributed by atoms with Crippen LogP contribution in [0.25, 0.3) is 0 Å². The van der Waals surface area contributed by atoms with Crippen molar-refractivity contribution >= 4 is 23.2 Å². The number of nitrogens with one attached hydrogen (secondary N) is 2. The SMILES string of the molecule is C[C@H]1[C@@H]2[C@@H](O)C([C@H](C)C(=O)NCc3cccs3)CC[C@@]2(C)CC[C@@H]1NC(=O)c1ccccc1. The number of carbonyl (C=O) groups is 2. The van der Waals surface area contributed by atoms with Gasteiger partial charge in [-0.15, -0.1) is 11.3 Å².